The van der Waals surface area contributed by atoms with Gasteiger partial charge in [-0.05, 0) is 121 Å². The summed E-state index contributed by atoms with van der Waals surface area (Å²) in [5.41, 5.74) is 10.1. The predicted octanol–water partition coefficient (Wildman–Crippen LogP) is 16.2. The standard InChI is InChI=1S/C52H48N2S/c1-5-15-37(16-6-1)39-25-29-43(30-26-39)53(41-19-9-3-10-20-41)45-33-34-48-50(35-45)55-51-36-49(46-23-13-14-24-47(46)52(48)51)54(42-21-11-4-12-22-42)44-31-27-40(28-32-44)38-17-7-2-8-18-38/h3-4,9-14,19-38H,1-2,5-8,15-18H2. The Hall–Kier alpha value is -5.38. The Kier molecular flexibility index (Phi) is 9.33. The van der Waals surface area contributed by atoms with Crippen molar-refractivity contribution in [1.82, 2.24) is 0 Å². The number of hydrogen-bond acceptors (Lipinski definition) is 3. The fraction of sp³-hybridized carbons (Fsp3) is 0.231. The molecule has 272 valence electrons. The molecule has 8 aromatic rings. The molecule has 0 spiro atoms. The first-order valence-corrected chi connectivity index (χ1v) is 21.4. The van der Waals surface area contributed by atoms with Crippen LogP contribution in [0.5, 0.6) is 0 Å². The van der Waals surface area contributed by atoms with Crippen LogP contribution in [-0.2, 0) is 0 Å². The number of nitrogens with zero attached hydrogens (tertiary/aromatic N) is 2. The van der Waals surface area contributed by atoms with Crippen LogP contribution >= 0.6 is 11.3 Å². The van der Waals surface area contributed by atoms with Crippen molar-refractivity contribution in [3.8, 4) is 0 Å². The van der Waals surface area contributed by atoms with Crippen molar-refractivity contribution in [1.29, 1.82) is 0 Å². The van der Waals surface area contributed by atoms with Gasteiger partial charge in [0, 0.05) is 54.0 Å². The molecule has 0 amide bonds. The minimum atomic E-state index is 0.687. The van der Waals surface area contributed by atoms with Gasteiger partial charge in [0.05, 0.1) is 5.69 Å². The van der Waals surface area contributed by atoms with Crippen LogP contribution in [0.25, 0.3) is 30.9 Å². The molecule has 0 unspecified atom stereocenters. The summed E-state index contributed by atoms with van der Waals surface area (Å²) in [5, 5.41) is 5.22. The van der Waals surface area contributed by atoms with Crippen molar-refractivity contribution >= 4 is 76.4 Å². The first-order valence-electron chi connectivity index (χ1n) is 20.6. The Morgan fingerprint density at radius 1 is 0.364 bits per heavy atom. The molecule has 1 aromatic heterocycles. The smallest absolute Gasteiger partial charge is 0.0554 e. The lowest BCUT2D eigenvalue weighted by Gasteiger charge is -2.28. The van der Waals surface area contributed by atoms with Crippen LogP contribution in [0.3, 0.4) is 0 Å². The van der Waals surface area contributed by atoms with Crippen molar-refractivity contribution in [2.24, 2.45) is 0 Å². The number of benzene rings is 7. The summed E-state index contributed by atoms with van der Waals surface area (Å²) < 4.78 is 2.61. The first kappa shape index (κ1) is 34.1. The van der Waals surface area contributed by atoms with E-state index in [-0.39, 0.29) is 0 Å². The normalized spacial score (nSPS) is 15.5. The quantitative estimate of drug-likeness (QED) is 0.153. The summed E-state index contributed by atoms with van der Waals surface area (Å²) in [6.07, 6.45) is 13.4. The summed E-state index contributed by atoms with van der Waals surface area (Å²) >= 11 is 1.91. The van der Waals surface area contributed by atoms with Crippen LogP contribution in [0.4, 0.5) is 34.1 Å². The molecule has 7 aromatic carbocycles. The van der Waals surface area contributed by atoms with E-state index in [1.807, 2.05) is 11.3 Å². The summed E-state index contributed by atoms with van der Waals surface area (Å²) in [4.78, 5) is 4.89. The highest BCUT2D eigenvalue weighted by molar-refractivity contribution is 7.26. The Balaban J connectivity index is 1.09. The molecule has 2 saturated carbocycles. The van der Waals surface area contributed by atoms with Gasteiger partial charge < -0.3 is 9.80 Å². The third-order valence-corrected chi connectivity index (χ3v) is 13.5. The number of hydrogen-bond donors (Lipinski definition) is 0. The van der Waals surface area contributed by atoms with Crippen molar-refractivity contribution in [3.05, 3.63) is 169 Å². The van der Waals surface area contributed by atoms with Gasteiger partial charge in [-0.15, -0.1) is 11.3 Å². The molecule has 0 bridgehead atoms. The zero-order valence-corrected chi connectivity index (χ0v) is 32.4. The SMILES string of the molecule is c1ccc(N(c2ccc(C3CCCCC3)cc2)c2ccc3c(c2)sc2cc(N(c4ccccc4)c4ccc(C5CCCCC5)cc4)c4ccccc4c23)cc1. The molecular formula is C52H48N2S. The van der Waals surface area contributed by atoms with Crippen molar-refractivity contribution in [3.63, 3.8) is 0 Å². The minimum Gasteiger partial charge on any atom is -0.310 e. The highest BCUT2D eigenvalue weighted by Crippen LogP contribution is 2.48. The maximum atomic E-state index is 2.47. The van der Waals surface area contributed by atoms with E-state index < -0.39 is 0 Å². The number of rotatable bonds is 8. The van der Waals surface area contributed by atoms with E-state index in [0.29, 0.717) is 11.8 Å². The lowest BCUT2D eigenvalue weighted by atomic mass is 9.84. The molecule has 0 saturated heterocycles. The maximum absolute atomic E-state index is 2.47. The maximum Gasteiger partial charge on any atom is 0.0554 e. The molecule has 3 heteroatoms. The van der Waals surface area contributed by atoms with E-state index in [0.717, 1.165) is 0 Å². The highest BCUT2D eigenvalue weighted by atomic mass is 32.1. The van der Waals surface area contributed by atoms with Crippen LogP contribution in [-0.4, -0.2) is 0 Å². The molecule has 55 heavy (non-hydrogen) atoms. The van der Waals surface area contributed by atoms with Crippen LogP contribution in [0, 0.1) is 0 Å². The molecule has 1 heterocycles. The number of para-hydroxylation sites is 2. The Labute approximate surface area is 329 Å². The minimum absolute atomic E-state index is 0.687. The molecule has 0 aliphatic heterocycles. The van der Waals surface area contributed by atoms with Gasteiger partial charge >= 0.3 is 0 Å². The summed E-state index contributed by atoms with van der Waals surface area (Å²) in [7, 11) is 0. The molecule has 10 rings (SSSR count). The average molecular weight is 733 g/mol. The molecule has 2 aliphatic rings. The van der Waals surface area contributed by atoms with Crippen molar-refractivity contribution < 1.29 is 0 Å². The molecule has 2 aliphatic carbocycles. The third kappa shape index (κ3) is 6.59. The van der Waals surface area contributed by atoms with E-state index in [4.69, 9.17) is 0 Å². The number of thiophene rings is 1. The van der Waals surface area contributed by atoms with E-state index >= 15 is 0 Å². The molecule has 2 nitrogen and oxygen atoms in total. The zero-order valence-electron chi connectivity index (χ0n) is 31.5. The second-order valence-electron chi connectivity index (χ2n) is 15.8. The monoisotopic (exact) mass is 732 g/mol. The van der Waals surface area contributed by atoms with E-state index in [9.17, 15) is 0 Å². The fourth-order valence-corrected chi connectivity index (χ4v) is 10.8. The Morgan fingerprint density at radius 2 is 0.836 bits per heavy atom. The lowest BCUT2D eigenvalue weighted by Crippen LogP contribution is -2.11. The second kappa shape index (κ2) is 15.0. The van der Waals surface area contributed by atoms with Gasteiger partial charge in [-0.1, -0.05) is 130 Å². The topological polar surface area (TPSA) is 6.48 Å². The molecule has 0 N–H and O–H groups in total. The van der Waals surface area contributed by atoms with Gasteiger partial charge in [0.2, 0.25) is 0 Å². The van der Waals surface area contributed by atoms with Crippen LogP contribution in [0.15, 0.2) is 158 Å². The van der Waals surface area contributed by atoms with E-state index in [1.54, 1.807) is 0 Å². The molecule has 0 radical (unpaired) electrons. The van der Waals surface area contributed by atoms with Gasteiger partial charge in [0.25, 0.3) is 0 Å². The largest absolute Gasteiger partial charge is 0.310 e. The van der Waals surface area contributed by atoms with E-state index in [1.165, 1.54) is 140 Å². The molecular weight excluding hydrogens is 685 g/mol. The van der Waals surface area contributed by atoms with Gasteiger partial charge in [0.1, 0.15) is 0 Å². The zero-order chi connectivity index (χ0) is 36.6. The average Bonchev–Trinajstić information content (AvgIpc) is 3.64. The van der Waals surface area contributed by atoms with Crippen molar-refractivity contribution in [2.75, 3.05) is 9.80 Å². The van der Waals surface area contributed by atoms with Gasteiger partial charge in [-0.2, -0.15) is 0 Å². The Morgan fingerprint density at radius 3 is 1.42 bits per heavy atom. The van der Waals surface area contributed by atoms with Crippen LogP contribution in [0.2, 0.25) is 0 Å². The molecule has 2 fully saturated rings. The fourth-order valence-electron chi connectivity index (χ4n) is 9.63. The predicted molar refractivity (Wildman–Crippen MR) is 238 cm³/mol. The lowest BCUT2D eigenvalue weighted by molar-refractivity contribution is 0.443. The van der Waals surface area contributed by atoms with Gasteiger partial charge in [-0.3, -0.25) is 0 Å². The second-order valence-corrected chi connectivity index (χ2v) is 16.9. The summed E-state index contributed by atoms with van der Waals surface area (Å²) in [5.74, 6) is 1.38. The number of anilines is 6. The summed E-state index contributed by atoms with van der Waals surface area (Å²) in [6.45, 7) is 0. The number of fused-ring (bicyclic) bond motifs is 5. The van der Waals surface area contributed by atoms with Crippen LogP contribution in [0.1, 0.15) is 87.2 Å². The van der Waals surface area contributed by atoms with Gasteiger partial charge in [0.15, 0.2) is 0 Å². The Bertz CT molecular complexity index is 2540. The van der Waals surface area contributed by atoms with Crippen LogP contribution < -0.4 is 9.80 Å². The molecule has 0 atom stereocenters. The van der Waals surface area contributed by atoms with E-state index in [2.05, 4.69) is 168 Å². The first-order chi connectivity index (χ1) is 27.3. The summed E-state index contributed by atoms with van der Waals surface area (Å²) in [6, 6.07) is 59.3. The third-order valence-electron chi connectivity index (χ3n) is 12.4. The van der Waals surface area contributed by atoms with Gasteiger partial charge in [-0.25, -0.2) is 0 Å². The van der Waals surface area contributed by atoms with Crippen molar-refractivity contribution in [2.45, 2.75) is 76.0 Å². The highest BCUT2D eigenvalue weighted by Gasteiger charge is 2.22.